The average molecular weight is 396 g/mol. The Labute approximate surface area is 166 Å². The van der Waals surface area contributed by atoms with Crippen molar-refractivity contribution in [3.63, 3.8) is 0 Å². The summed E-state index contributed by atoms with van der Waals surface area (Å²) in [5, 5.41) is 30.7. The van der Waals surface area contributed by atoms with Gasteiger partial charge in [-0.3, -0.25) is 0 Å². The number of methoxy groups -OCH3 is 2. The fourth-order valence-corrected chi connectivity index (χ4v) is 3.07. The van der Waals surface area contributed by atoms with Crippen LogP contribution in [0.15, 0.2) is 12.1 Å². The lowest BCUT2D eigenvalue weighted by atomic mass is 9.94. The highest BCUT2D eigenvalue weighted by atomic mass is 16.5. The molecule has 0 radical (unpaired) electrons. The van der Waals surface area contributed by atoms with Crippen LogP contribution in [0.3, 0.4) is 0 Å². The number of unbranched alkanes of at least 4 members (excludes halogenated alkanes) is 6. The van der Waals surface area contributed by atoms with Gasteiger partial charge < -0.3 is 24.8 Å². The lowest BCUT2D eigenvalue weighted by Gasteiger charge is -2.18. The summed E-state index contributed by atoms with van der Waals surface area (Å²) in [4.78, 5) is 23.4. The average Bonchev–Trinajstić information content (AvgIpc) is 2.71. The maximum absolute atomic E-state index is 11.7. The third kappa shape index (κ3) is 6.80. The van der Waals surface area contributed by atoms with E-state index in [4.69, 9.17) is 0 Å². The second-order valence-electron chi connectivity index (χ2n) is 6.85. The van der Waals surface area contributed by atoms with Gasteiger partial charge in [-0.15, -0.1) is 0 Å². The van der Waals surface area contributed by atoms with Crippen molar-refractivity contribution in [2.24, 2.45) is 0 Å². The topological polar surface area (TPSA) is 113 Å². The van der Waals surface area contributed by atoms with E-state index in [0.29, 0.717) is 12.0 Å². The molecule has 2 atom stereocenters. The monoisotopic (exact) mass is 396 g/mol. The number of aromatic hydroxyl groups is 1. The van der Waals surface area contributed by atoms with Gasteiger partial charge in [0, 0.05) is 11.1 Å². The molecule has 158 valence electrons. The number of aryl methyl sites for hydroxylation is 1. The minimum Gasteiger partial charge on any atom is -0.507 e. The standard InChI is InChI=1S/C21H32O7/c1-4-5-6-7-8-9-10-11-14-12-15(18(23)20(25)27-2)17(22)16(13-14)19(24)21(26)28-3/h12-13,18-19,22-24H,4-11H2,1-3H3. The van der Waals surface area contributed by atoms with Crippen molar-refractivity contribution in [2.75, 3.05) is 14.2 Å². The summed E-state index contributed by atoms with van der Waals surface area (Å²) in [6, 6.07) is 3.00. The molecule has 1 aromatic carbocycles. The van der Waals surface area contributed by atoms with Gasteiger partial charge in [-0.05, 0) is 30.5 Å². The van der Waals surface area contributed by atoms with Crippen molar-refractivity contribution < 1.29 is 34.4 Å². The Hall–Kier alpha value is -2.12. The first kappa shape index (κ1) is 23.9. The number of carbonyl (C=O) groups is 2. The van der Waals surface area contributed by atoms with E-state index in [1.165, 1.54) is 37.8 Å². The van der Waals surface area contributed by atoms with Crippen LogP contribution >= 0.6 is 0 Å². The summed E-state index contributed by atoms with van der Waals surface area (Å²) in [6.45, 7) is 2.17. The van der Waals surface area contributed by atoms with Gasteiger partial charge in [0.25, 0.3) is 0 Å². The summed E-state index contributed by atoms with van der Waals surface area (Å²) in [5.74, 6) is -2.41. The third-order valence-corrected chi connectivity index (χ3v) is 4.74. The number of hydrogen-bond donors (Lipinski definition) is 3. The molecule has 28 heavy (non-hydrogen) atoms. The summed E-state index contributed by atoms with van der Waals surface area (Å²) < 4.78 is 9.04. The Morgan fingerprint density at radius 3 is 1.71 bits per heavy atom. The van der Waals surface area contributed by atoms with Crippen molar-refractivity contribution in [1.82, 2.24) is 0 Å². The minimum atomic E-state index is -1.72. The maximum Gasteiger partial charge on any atom is 0.339 e. The lowest BCUT2D eigenvalue weighted by Crippen LogP contribution is -2.17. The van der Waals surface area contributed by atoms with Gasteiger partial charge in [0.1, 0.15) is 5.75 Å². The van der Waals surface area contributed by atoms with Gasteiger partial charge in [0.15, 0.2) is 12.2 Å². The molecule has 0 aliphatic rings. The highest BCUT2D eigenvalue weighted by molar-refractivity contribution is 5.80. The molecule has 1 aromatic rings. The van der Waals surface area contributed by atoms with Crippen LogP contribution in [0, 0.1) is 0 Å². The Kier molecular flexibility index (Phi) is 10.6. The molecule has 0 bridgehead atoms. The first-order valence-electron chi connectivity index (χ1n) is 9.74. The molecular weight excluding hydrogens is 364 g/mol. The molecule has 0 aromatic heterocycles. The number of phenols is 1. The summed E-state index contributed by atoms with van der Waals surface area (Å²) >= 11 is 0. The second-order valence-corrected chi connectivity index (χ2v) is 6.85. The molecule has 2 unspecified atom stereocenters. The Bertz CT molecular complexity index is 599. The van der Waals surface area contributed by atoms with E-state index in [1.54, 1.807) is 0 Å². The normalized spacial score (nSPS) is 13.0. The second kappa shape index (κ2) is 12.4. The van der Waals surface area contributed by atoms with Gasteiger partial charge in [0.05, 0.1) is 14.2 Å². The zero-order valence-electron chi connectivity index (χ0n) is 16.9. The van der Waals surface area contributed by atoms with Gasteiger partial charge in [-0.2, -0.15) is 0 Å². The minimum absolute atomic E-state index is 0.106. The first-order valence-corrected chi connectivity index (χ1v) is 9.74. The number of ether oxygens (including phenoxy) is 2. The van der Waals surface area contributed by atoms with E-state index in [2.05, 4.69) is 16.4 Å². The summed E-state index contributed by atoms with van der Waals surface area (Å²) in [5.41, 5.74) is 0.484. The predicted octanol–water partition coefficient (Wildman–Crippen LogP) is 3.10. The Balaban J connectivity index is 2.99. The van der Waals surface area contributed by atoms with E-state index in [-0.39, 0.29) is 11.1 Å². The van der Waals surface area contributed by atoms with Crippen LogP contribution in [-0.4, -0.2) is 41.5 Å². The predicted molar refractivity (Wildman–Crippen MR) is 104 cm³/mol. The summed E-state index contributed by atoms with van der Waals surface area (Å²) in [6.07, 6.45) is 5.04. The van der Waals surface area contributed by atoms with Crippen LogP contribution < -0.4 is 0 Å². The smallest absolute Gasteiger partial charge is 0.339 e. The number of benzene rings is 1. The molecule has 0 amide bonds. The molecule has 7 heteroatoms. The van der Waals surface area contributed by atoms with Gasteiger partial charge in [-0.1, -0.05) is 45.4 Å². The van der Waals surface area contributed by atoms with E-state index < -0.39 is 29.9 Å². The van der Waals surface area contributed by atoms with Crippen LogP contribution in [-0.2, 0) is 25.5 Å². The number of aliphatic hydroxyl groups excluding tert-OH is 2. The van der Waals surface area contributed by atoms with Crippen molar-refractivity contribution in [1.29, 1.82) is 0 Å². The van der Waals surface area contributed by atoms with E-state index in [9.17, 15) is 24.9 Å². The molecular formula is C21H32O7. The Morgan fingerprint density at radius 1 is 0.857 bits per heavy atom. The van der Waals surface area contributed by atoms with E-state index in [0.717, 1.165) is 33.5 Å². The van der Waals surface area contributed by atoms with Crippen molar-refractivity contribution in [2.45, 2.75) is 70.5 Å². The number of hydrogen-bond acceptors (Lipinski definition) is 7. The van der Waals surface area contributed by atoms with Gasteiger partial charge >= 0.3 is 11.9 Å². The largest absolute Gasteiger partial charge is 0.507 e. The number of esters is 2. The van der Waals surface area contributed by atoms with Crippen LogP contribution in [0.5, 0.6) is 5.75 Å². The summed E-state index contributed by atoms with van der Waals surface area (Å²) in [7, 11) is 2.24. The Morgan fingerprint density at radius 2 is 1.29 bits per heavy atom. The fourth-order valence-electron chi connectivity index (χ4n) is 3.07. The SMILES string of the molecule is CCCCCCCCCc1cc(C(O)C(=O)OC)c(O)c(C(O)C(=O)OC)c1. The van der Waals surface area contributed by atoms with Crippen LogP contribution in [0.1, 0.15) is 80.8 Å². The number of rotatable bonds is 12. The molecule has 3 N–H and O–H groups in total. The molecule has 0 fully saturated rings. The molecule has 0 heterocycles. The van der Waals surface area contributed by atoms with Gasteiger partial charge in [0.2, 0.25) is 0 Å². The van der Waals surface area contributed by atoms with Crippen LogP contribution in [0.2, 0.25) is 0 Å². The van der Waals surface area contributed by atoms with Crippen LogP contribution in [0.25, 0.3) is 0 Å². The molecule has 0 aliphatic carbocycles. The molecule has 0 spiro atoms. The number of carbonyl (C=O) groups excluding carboxylic acids is 2. The van der Waals surface area contributed by atoms with Crippen LogP contribution in [0.4, 0.5) is 0 Å². The zero-order chi connectivity index (χ0) is 21.1. The highest BCUT2D eigenvalue weighted by Gasteiger charge is 2.28. The van der Waals surface area contributed by atoms with Crippen molar-refractivity contribution in [3.05, 3.63) is 28.8 Å². The quantitative estimate of drug-likeness (QED) is 0.367. The van der Waals surface area contributed by atoms with E-state index in [1.807, 2.05) is 0 Å². The molecule has 1 rings (SSSR count). The molecule has 0 saturated carbocycles. The fraction of sp³-hybridized carbons (Fsp3) is 0.619. The number of aliphatic hydroxyl groups is 2. The number of phenolic OH excluding ortho intramolecular Hbond substituents is 1. The van der Waals surface area contributed by atoms with Crippen molar-refractivity contribution >= 4 is 11.9 Å². The maximum atomic E-state index is 11.7. The molecule has 7 nitrogen and oxygen atoms in total. The lowest BCUT2D eigenvalue weighted by molar-refractivity contribution is -0.151. The molecule has 0 saturated heterocycles. The third-order valence-electron chi connectivity index (χ3n) is 4.74. The highest BCUT2D eigenvalue weighted by Crippen LogP contribution is 2.35. The molecule has 0 aliphatic heterocycles. The van der Waals surface area contributed by atoms with Gasteiger partial charge in [-0.25, -0.2) is 9.59 Å². The zero-order valence-corrected chi connectivity index (χ0v) is 16.9. The van der Waals surface area contributed by atoms with Crippen molar-refractivity contribution in [3.8, 4) is 5.75 Å². The van der Waals surface area contributed by atoms with E-state index >= 15 is 0 Å². The first-order chi connectivity index (χ1) is 13.4.